The minimum absolute atomic E-state index is 0.269. The first-order valence-corrected chi connectivity index (χ1v) is 5.55. The molecule has 0 amide bonds. The van der Waals surface area contributed by atoms with Crippen molar-refractivity contribution in [2.24, 2.45) is 5.92 Å². The topological polar surface area (TPSA) is 40.5 Å². The SMILES string of the molecule is OC(c1ccsc1Cl)C(O)C1CC1. The fourth-order valence-electron chi connectivity index (χ4n) is 1.39. The lowest BCUT2D eigenvalue weighted by Gasteiger charge is -2.16. The summed E-state index contributed by atoms with van der Waals surface area (Å²) in [5, 5.41) is 21.2. The van der Waals surface area contributed by atoms with E-state index in [1.807, 2.05) is 5.38 Å². The van der Waals surface area contributed by atoms with Crippen LogP contribution in [0.15, 0.2) is 11.4 Å². The van der Waals surface area contributed by atoms with Crippen LogP contribution >= 0.6 is 22.9 Å². The van der Waals surface area contributed by atoms with Gasteiger partial charge in [-0.05, 0) is 30.2 Å². The lowest BCUT2D eigenvalue weighted by Crippen LogP contribution is -2.19. The van der Waals surface area contributed by atoms with Gasteiger partial charge in [-0.2, -0.15) is 0 Å². The number of aliphatic hydroxyl groups excluding tert-OH is 2. The summed E-state index contributed by atoms with van der Waals surface area (Å²) < 4.78 is 0.576. The molecule has 1 aromatic heterocycles. The van der Waals surface area contributed by atoms with E-state index in [0.717, 1.165) is 12.8 Å². The van der Waals surface area contributed by atoms with E-state index in [1.54, 1.807) is 6.07 Å². The zero-order valence-electron chi connectivity index (χ0n) is 6.98. The molecule has 2 nitrogen and oxygen atoms in total. The third-order valence-corrected chi connectivity index (χ3v) is 3.59. The number of thiophene rings is 1. The van der Waals surface area contributed by atoms with E-state index in [4.69, 9.17) is 11.6 Å². The number of hydrogen-bond donors (Lipinski definition) is 2. The molecule has 1 aromatic rings. The van der Waals surface area contributed by atoms with Crippen LogP contribution in [0.3, 0.4) is 0 Å². The zero-order chi connectivity index (χ0) is 9.42. The fourth-order valence-corrected chi connectivity index (χ4v) is 2.38. The zero-order valence-corrected chi connectivity index (χ0v) is 8.55. The van der Waals surface area contributed by atoms with Crippen LogP contribution in [0, 0.1) is 5.92 Å². The van der Waals surface area contributed by atoms with Gasteiger partial charge in [0.25, 0.3) is 0 Å². The first-order valence-electron chi connectivity index (χ1n) is 4.29. The molecule has 1 aliphatic rings. The molecule has 2 unspecified atom stereocenters. The summed E-state index contributed by atoms with van der Waals surface area (Å²) in [6.45, 7) is 0. The minimum Gasteiger partial charge on any atom is -0.390 e. The average Bonchev–Trinajstić information content (AvgIpc) is 2.87. The van der Waals surface area contributed by atoms with Crippen molar-refractivity contribution < 1.29 is 10.2 Å². The molecule has 13 heavy (non-hydrogen) atoms. The summed E-state index contributed by atoms with van der Waals surface area (Å²) in [5.41, 5.74) is 0.658. The fraction of sp³-hybridized carbons (Fsp3) is 0.556. The van der Waals surface area contributed by atoms with Crippen LogP contribution in [-0.2, 0) is 0 Å². The first-order chi connectivity index (χ1) is 6.20. The highest BCUT2D eigenvalue weighted by Gasteiger charge is 2.35. The van der Waals surface area contributed by atoms with E-state index in [9.17, 15) is 10.2 Å². The summed E-state index contributed by atoms with van der Waals surface area (Å²) in [5.74, 6) is 0.269. The average molecular weight is 219 g/mol. The molecule has 1 aliphatic carbocycles. The molecule has 0 bridgehead atoms. The number of rotatable bonds is 3. The monoisotopic (exact) mass is 218 g/mol. The van der Waals surface area contributed by atoms with Gasteiger partial charge in [-0.15, -0.1) is 11.3 Å². The molecule has 2 atom stereocenters. The van der Waals surface area contributed by atoms with Crippen LogP contribution < -0.4 is 0 Å². The Labute approximate surface area is 85.8 Å². The Bertz CT molecular complexity index is 296. The molecular formula is C9H11ClO2S. The summed E-state index contributed by atoms with van der Waals surface area (Å²) in [4.78, 5) is 0. The predicted octanol–water partition coefficient (Wildman–Crippen LogP) is 2.21. The van der Waals surface area contributed by atoms with E-state index >= 15 is 0 Å². The lowest BCUT2D eigenvalue weighted by atomic mass is 10.0. The highest BCUT2D eigenvalue weighted by atomic mass is 35.5. The van der Waals surface area contributed by atoms with Gasteiger partial charge >= 0.3 is 0 Å². The minimum atomic E-state index is -0.814. The maximum absolute atomic E-state index is 9.74. The van der Waals surface area contributed by atoms with Crippen LogP contribution in [0.4, 0.5) is 0 Å². The maximum Gasteiger partial charge on any atom is 0.107 e. The molecule has 4 heteroatoms. The molecular weight excluding hydrogens is 208 g/mol. The maximum atomic E-state index is 9.74. The van der Waals surface area contributed by atoms with Crippen molar-refractivity contribution in [2.75, 3.05) is 0 Å². The van der Waals surface area contributed by atoms with Crippen molar-refractivity contribution in [1.29, 1.82) is 0 Å². The normalized spacial score (nSPS) is 21.5. The first kappa shape index (κ1) is 9.46. The largest absolute Gasteiger partial charge is 0.390 e. The van der Waals surface area contributed by atoms with Crippen molar-refractivity contribution in [1.82, 2.24) is 0 Å². The molecule has 2 N–H and O–H groups in total. The molecule has 2 rings (SSSR count). The Kier molecular flexibility index (Phi) is 2.60. The van der Waals surface area contributed by atoms with Crippen molar-refractivity contribution in [2.45, 2.75) is 25.0 Å². The number of hydrogen-bond acceptors (Lipinski definition) is 3. The second-order valence-corrected chi connectivity index (χ2v) is 4.94. The van der Waals surface area contributed by atoms with Crippen LogP contribution in [0.2, 0.25) is 4.34 Å². The summed E-state index contributed by atoms with van der Waals surface area (Å²) in [6, 6.07) is 1.77. The van der Waals surface area contributed by atoms with Gasteiger partial charge in [0, 0.05) is 5.56 Å². The molecule has 1 fully saturated rings. The van der Waals surface area contributed by atoms with Crippen LogP contribution in [0.25, 0.3) is 0 Å². The van der Waals surface area contributed by atoms with Crippen molar-refractivity contribution >= 4 is 22.9 Å². The van der Waals surface area contributed by atoms with E-state index in [2.05, 4.69) is 0 Å². The van der Waals surface area contributed by atoms with Crippen LogP contribution in [0.1, 0.15) is 24.5 Å². The van der Waals surface area contributed by atoms with Crippen molar-refractivity contribution in [3.8, 4) is 0 Å². The standard InChI is InChI=1S/C9H11ClO2S/c10-9-6(3-4-13-9)8(12)7(11)5-1-2-5/h3-5,7-8,11-12H,1-2H2. The molecule has 0 saturated heterocycles. The van der Waals surface area contributed by atoms with Gasteiger partial charge in [-0.3, -0.25) is 0 Å². The van der Waals surface area contributed by atoms with E-state index in [0.29, 0.717) is 9.90 Å². The van der Waals surface area contributed by atoms with Gasteiger partial charge in [-0.25, -0.2) is 0 Å². The second kappa shape index (κ2) is 3.58. The Morgan fingerprint density at radius 3 is 2.62 bits per heavy atom. The second-order valence-electron chi connectivity index (χ2n) is 3.42. The van der Waals surface area contributed by atoms with E-state index in [1.165, 1.54) is 11.3 Å². The third kappa shape index (κ3) is 1.89. The summed E-state index contributed by atoms with van der Waals surface area (Å²) in [7, 11) is 0. The van der Waals surface area contributed by atoms with Crippen molar-refractivity contribution in [3.63, 3.8) is 0 Å². The molecule has 0 aromatic carbocycles. The van der Waals surface area contributed by atoms with Gasteiger partial charge < -0.3 is 10.2 Å². The third-order valence-electron chi connectivity index (χ3n) is 2.39. The van der Waals surface area contributed by atoms with Crippen LogP contribution in [0.5, 0.6) is 0 Å². The van der Waals surface area contributed by atoms with Gasteiger partial charge in [-0.1, -0.05) is 11.6 Å². The highest BCUT2D eigenvalue weighted by Crippen LogP contribution is 2.40. The lowest BCUT2D eigenvalue weighted by molar-refractivity contribution is 0.00514. The molecule has 1 saturated carbocycles. The van der Waals surface area contributed by atoms with E-state index < -0.39 is 12.2 Å². The molecule has 0 spiro atoms. The smallest absolute Gasteiger partial charge is 0.107 e. The van der Waals surface area contributed by atoms with E-state index in [-0.39, 0.29) is 5.92 Å². The predicted molar refractivity (Wildman–Crippen MR) is 53.0 cm³/mol. The van der Waals surface area contributed by atoms with Gasteiger partial charge in [0.1, 0.15) is 6.10 Å². The molecule has 72 valence electrons. The van der Waals surface area contributed by atoms with Gasteiger partial charge in [0.2, 0.25) is 0 Å². The summed E-state index contributed by atoms with van der Waals surface area (Å²) in [6.07, 6.45) is 0.568. The quantitative estimate of drug-likeness (QED) is 0.817. The number of halogens is 1. The van der Waals surface area contributed by atoms with Gasteiger partial charge in [0.05, 0.1) is 10.4 Å². The Hall–Kier alpha value is -0.0900. The highest BCUT2D eigenvalue weighted by molar-refractivity contribution is 7.14. The molecule has 1 heterocycles. The Balaban J connectivity index is 2.11. The molecule has 0 radical (unpaired) electrons. The van der Waals surface area contributed by atoms with Gasteiger partial charge in [0.15, 0.2) is 0 Å². The Morgan fingerprint density at radius 2 is 2.15 bits per heavy atom. The van der Waals surface area contributed by atoms with Crippen LogP contribution in [-0.4, -0.2) is 16.3 Å². The molecule has 0 aliphatic heterocycles. The van der Waals surface area contributed by atoms with Crippen molar-refractivity contribution in [3.05, 3.63) is 21.3 Å². The summed E-state index contributed by atoms with van der Waals surface area (Å²) >= 11 is 7.23. The number of aliphatic hydroxyl groups is 2. The Morgan fingerprint density at radius 1 is 1.46 bits per heavy atom.